The second kappa shape index (κ2) is 6.98. The molecule has 0 spiro atoms. The van der Waals surface area contributed by atoms with Crippen molar-refractivity contribution in [3.63, 3.8) is 0 Å². The number of amides is 1. The van der Waals surface area contributed by atoms with Crippen LogP contribution < -0.4 is 10.2 Å². The Labute approximate surface area is 148 Å². The van der Waals surface area contributed by atoms with Crippen molar-refractivity contribution in [3.05, 3.63) is 54.1 Å². The first kappa shape index (κ1) is 16.4. The Morgan fingerprint density at radius 1 is 1.29 bits per heavy atom. The molecule has 0 bridgehead atoms. The predicted molar refractivity (Wildman–Crippen MR) is 100 cm³/mol. The van der Waals surface area contributed by atoms with Gasteiger partial charge in [-0.15, -0.1) is 0 Å². The second-order valence-electron chi connectivity index (χ2n) is 4.93. The third-order valence-corrected chi connectivity index (χ3v) is 4.52. The Morgan fingerprint density at radius 3 is 2.71 bits per heavy atom. The van der Waals surface area contributed by atoms with Crippen molar-refractivity contribution in [2.24, 2.45) is 0 Å². The number of hydrogen-bond acceptors (Lipinski definition) is 5. The van der Waals surface area contributed by atoms with Gasteiger partial charge in [-0.25, -0.2) is 9.97 Å². The molecule has 0 saturated heterocycles. The number of anilines is 3. The van der Waals surface area contributed by atoms with Gasteiger partial charge in [0, 0.05) is 17.3 Å². The molecule has 1 N–H and O–H groups in total. The molecule has 0 unspecified atom stereocenters. The first-order chi connectivity index (χ1) is 11.6. The zero-order valence-electron chi connectivity index (χ0n) is 13.0. The van der Waals surface area contributed by atoms with E-state index in [0.717, 1.165) is 28.4 Å². The van der Waals surface area contributed by atoms with Crippen molar-refractivity contribution in [3.8, 4) is 0 Å². The fourth-order valence-corrected chi connectivity index (χ4v) is 3.23. The molecule has 2 heterocycles. The van der Waals surface area contributed by atoms with Crippen molar-refractivity contribution >= 4 is 55.8 Å². The molecule has 3 rings (SSSR count). The zero-order valence-corrected chi connectivity index (χ0v) is 14.6. The molecule has 2 aromatic heterocycles. The molecule has 0 fully saturated rings. The first-order valence-corrected chi connectivity index (χ1v) is 8.54. The average molecular weight is 359 g/mol. The summed E-state index contributed by atoms with van der Waals surface area (Å²) in [7, 11) is 0. The number of carbonyl (C=O) groups excluding carboxylic acids is 1. The van der Waals surface area contributed by atoms with Gasteiger partial charge in [-0.2, -0.15) is 0 Å². The van der Waals surface area contributed by atoms with Gasteiger partial charge in [-0.3, -0.25) is 10.1 Å². The molecule has 0 aliphatic rings. The average Bonchev–Trinajstić information content (AvgIpc) is 2.98. The van der Waals surface area contributed by atoms with Crippen molar-refractivity contribution in [2.75, 3.05) is 16.8 Å². The molecule has 0 atom stereocenters. The molecule has 1 amide bonds. The summed E-state index contributed by atoms with van der Waals surface area (Å²) in [6.45, 7) is 6.25. The summed E-state index contributed by atoms with van der Waals surface area (Å²) in [5, 5.41) is 3.87. The summed E-state index contributed by atoms with van der Waals surface area (Å²) in [5.74, 6) is 0.531. The number of carbonyl (C=O) groups is 1. The standard InChI is InChI=1S/C17H15ClN4OS/c1-3-15(23)21-17-19-13-9-10-14(20-16(13)24-17)22(4-2)12-7-5-11(18)6-8-12/h3,5-10H,1,4H2,2H3,(H,19,21,23). The summed E-state index contributed by atoms with van der Waals surface area (Å²) in [6.07, 6.45) is 1.21. The molecule has 0 radical (unpaired) electrons. The third kappa shape index (κ3) is 3.39. The smallest absolute Gasteiger partial charge is 0.249 e. The molecule has 122 valence electrons. The highest BCUT2D eigenvalue weighted by molar-refractivity contribution is 7.22. The first-order valence-electron chi connectivity index (χ1n) is 7.35. The number of rotatable bonds is 5. The number of nitrogens with one attached hydrogen (secondary N) is 1. The van der Waals surface area contributed by atoms with Crippen LogP contribution in [0.4, 0.5) is 16.6 Å². The number of benzene rings is 1. The maximum Gasteiger partial charge on any atom is 0.249 e. The highest BCUT2D eigenvalue weighted by Gasteiger charge is 2.12. The van der Waals surface area contributed by atoms with Gasteiger partial charge in [0.05, 0.1) is 0 Å². The Bertz CT molecular complexity index is 891. The van der Waals surface area contributed by atoms with Crippen LogP contribution in [0, 0.1) is 0 Å². The van der Waals surface area contributed by atoms with Gasteiger partial charge >= 0.3 is 0 Å². The number of hydrogen-bond donors (Lipinski definition) is 1. The quantitative estimate of drug-likeness (QED) is 0.676. The number of pyridine rings is 1. The van der Waals surface area contributed by atoms with E-state index in [1.807, 2.05) is 36.4 Å². The summed E-state index contributed by atoms with van der Waals surface area (Å²) in [5.41, 5.74) is 1.76. The Balaban J connectivity index is 1.94. The Kier molecular flexibility index (Phi) is 4.78. The molecule has 0 aliphatic heterocycles. The molecule has 1 aromatic carbocycles. The van der Waals surface area contributed by atoms with Crippen molar-refractivity contribution in [1.29, 1.82) is 0 Å². The zero-order chi connectivity index (χ0) is 17.1. The van der Waals surface area contributed by atoms with E-state index >= 15 is 0 Å². The van der Waals surface area contributed by atoms with E-state index in [1.165, 1.54) is 17.4 Å². The van der Waals surface area contributed by atoms with E-state index in [9.17, 15) is 4.79 Å². The van der Waals surface area contributed by atoms with Crippen LogP contribution in [-0.4, -0.2) is 22.4 Å². The molecular weight excluding hydrogens is 344 g/mol. The van der Waals surface area contributed by atoms with Crippen molar-refractivity contribution < 1.29 is 4.79 Å². The number of thiazole rings is 1. The van der Waals surface area contributed by atoms with Gasteiger partial charge in [0.2, 0.25) is 5.91 Å². The number of nitrogens with zero attached hydrogens (tertiary/aromatic N) is 3. The lowest BCUT2D eigenvalue weighted by atomic mass is 10.2. The molecule has 7 heteroatoms. The number of fused-ring (bicyclic) bond motifs is 1. The highest BCUT2D eigenvalue weighted by atomic mass is 35.5. The number of halogens is 1. The van der Waals surface area contributed by atoms with Crippen LogP contribution in [0.25, 0.3) is 10.3 Å². The SMILES string of the molecule is C=CC(=O)Nc1nc2ccc(N(CC)c3ccc(Cl)cc3)nc2s1. The van der Waals surface area contributed by atoms with Gasteiger partial charge in [-0.1, -0.05) is 29.5 Å². The molecule has 24 heavy (non-hydrogen) atoms. The molecule has 0 saturated carbocycles. The lowest BCUT2D eigenvalue weighted by Crippen LogP contribution is -2.17. The summed E-state index contributed by atoms with van der Waals surface area (Å²) >= 11 is 7.29. The molecule has 0 aliphatic carbocycles. The van der Waals surface area contributed by atoms with Gasteiger partial charge in [0.1, 0.15) is 16.2 Å². The normalized spacial score (nSPS) is 10.6. The van der Waals surface area contributed by atoms with Gasteiger partial charge < -0.3 is 4.90 Å². The fraction of sp³-hybridized carbons (Fsp3) is 0.118. The highest BCUT2D eigenvalue weighted by Crippen LogP contribution is 2.30. The maximum atomic E-state index is 11.4. The topological polar surface area (TPSA) is 58.1 Å². The van der Waals surface area contributed by atoms with E-state index in [0.29, 0.717) is 10.2 Å². The third-order valence-electron chi connectivity index (χ3n) is 3.39. The van der Waals surface area contributed by atoms with E-state index in [2.05, 4.69) is 33.7 Å². The summed E-state index contributed by atoms with van der Waals surface area (Å²) < 4.78 is 0. The summed E-state index contributed by atoms with van der Waals surface area (Å²) in [4.78, 5) is 23.3. The Morgan fingerprint density at radius 2 is 2.04 bits per heavy atom. The maximum absolute atomic E-state index is 11.4. The molecular formula is C17H15ClN4OS. The predicted octanol–water partition coefficient (Wildman–Crippen LogP) is 4.63. The largest absolute Gasteiger partial charge is 0.327 e. The van der Waals surface area contributed by atoms with E-state index in [-0.39, 0.29) is 5.91 Å². The minimum atomic E-state index is -0.286. The minimum absolute atomic E-state index is 0.286. The summed E-state index contributed by atoms with van der Waals surface area (Å²) in [6, 6.07) is 11.4. The van der Waals surface area contributed by atoms with E-state index < -0.39 is 0 Å². The number of aromatic nitrogens is 2. The van der Waals surface area contributed by atoms with Crippen LogP contribution in [-0.2, 0) is 4.79 Å². The molecule has 5 nitrogen and oxygen atoms in total. The minimum Gasteiger partial charge on any atom is -0.327 e. The van der Waals surface area contributed by atoms with E-state index in [1.54, 1.807) is 0 Å². The fourth-order valence-electron chi connectivity index (χ4n) is 2.27. The monoisotopic (exact) mass is 358 g/mol. The van der Waals surface area contributed by atoms with Crippen molar-refractivity contribution in [1.82, 2.24) is 9.97 Å². The van der Waals surface area contributed by atoms with Crippen molar-refractivity contribution in [2.45, 2.75) is 6.92 Å². The van der Waals surface area contributed by atoms with E-state index in [4.69, 9.17) is 11.6 Å². The van der Waals surface area contributed by atoms with Crippen LogP contribution in [0.5, 0.6) is 0 Å². The van der Waals surface area contributed by atoms with Gasteiger partial charge in [0.15, 0.2) is 5.13 Å². The van der Waals surface area contributed by atoms with Crippen LogP contribution in [0.2, 0.25) is 5.02 Å². The van der Waals surface area contributed by atoms with Gasteiger partial charge in [0.25, 0.3) is 0 Å². The second-order valence-corrected chi connectivity index (χ2v) is 6.34. The van der Waals surface area contributed by atoms with Crippen LogP contribution >= 0.6 is 22.9 Å². The van der Waals surface area contributed by atoms with Crippen LogP contribution in [0.15, 0.2) is 49.1 Å². The van der Waals surface area contributed by atoms with Crippen LogP contribution in [0.3, 0.4) is 0 Å². The van der Waals surface area contributed by atoms with Crippen LogP contribution in [0.1, 0.15) is 6.92 Å². The molecule has 3 aromatic rings. The van der Waals surface area contributed by atoms with Gasteiger partial charge in [-0.05, 0) is 49.4 Å². The lowest BCUT2D eigenvalue weighted by Gasteiger charge is -2.22. The Hall–Kier alpha value is -2.44. The lowest BCUT2D eigenvalue weighted by molar-refractivity contribution is -0.111.